The van der Waals surface area contributed by atoms with Gasteiger partial charge in [0.05, 0.1) is 7.11 Å². The number of nitrogens with zero attached hydrogens (tertiary/aromatic N) is 1. The first-order valence-electron chi connectivity index (χ1n) is 6.84. The van der Waals surface area contributed by atoms with E-state index in [4.69, 9.17) is 4.74 Å². The molecule has 4 heteroatoms. The van der Waals surface area contributed by atoms with Crippen LogP contribution in [0.15, 0.2) is 23.7 Å². The maximum Gasteiger partial charge on any atom is 0.128 e. The normalized spacial score (nSPS) is 12.4. The molecule has 0 aliphatic rings. The lowest BCUT2D eigenvalue weighted by Crippen LogP contribution is -2.30. The van der Waals surface area contributed by atoms with E-state index in [1.165, 1.54) is 4.88 Å². The number of methoxy groups -OCH3 is 1. The third kappa shape index (κ3) is 3.38. The molecule has 0 aromatic carbocycles. The Morgan fingerprint density at radius 1 is 1.35 bits per heavy atom. The maximum absolute atomic E-state index is 5.48. The summed E-state index contributed by atoms with van der Waals surface area (Å²) < 4.78 is 5.48. The first-order chi connectivity index (χ1) is 9.65. The van der Waals surface area contributed by atoms with Crippen LogP contribution in [-0.4, -0.2) is 25.2 Å². The van der Waals surface area contributed by atoms with Gasteiger partial charge in [0, 0.05) is 40.4 Å². The lowest BCUT2D eigenvalue weighted by Gasteiger charge is -2.18. The van der Waals surface area contributed by atoms with E-state index in [0.717, 1.165) is 35.4 Å². The number of pyridine rings is 1. The van der Waals surface area contributed by atoms with Crippen molar-refractivity contribution in [3.05, 3.63) is 45.4 Å². The summed E-state index contributed by atoms with van der Waals surface area (Å²) in [6, 6.07) is 4.68. The molecule has 3 nitrogen and oxygen atoms in total. The van der Waals surface area contributed by atoms with Gasteiger partial charge in [-0.15, -0.1) is 11.3 Å². The van der Waals surface area contributed by atoms with Gasteiger partial charge >= 0.3 is 0 Å². The van der Waals surface area contributed by atoms with Crippen LogP contribution >= 0.6 is 11.3 Å². The molecule has 0 aliphatic carbocycles. The number of aromatic nitrogens is 1. The smallest absolute Gasteiger partial charge is 0.128 e. The van der Waals surface area contributed by atoms with Gasteiger partial charge in [-0.2, -0.15) is 0 Å². The number of hydrogen-bond acceptors (Lipinski definition) is 4. The Hall–Kier alpha value is -1.39. The molecule has 0 saturated heterocycles. The Bertz CT molecular complexity index is 552. The zero-order valence-electron chi connectivity index (χ0n) is 12.6. The summed E-state index contributed by atoms with van der Waals surface area (Å²) in [7, 11) is 3.74. The first kappa shape index (κ1) is 15.0. The van der Waals surface area contributed by atoms with Gasteiger partial charge in [0.15, 0.2) is 0 Å². The molecule has 0 radical (unpaired) electrons. The van der Waals surface area contributed by atoms with Crippen molar-refractivity contribution in [1.29, 1.82) is 0 Å². The van der Waals surface area contributed by atoms with Gasteiger partial charge in [0.2, 0.25) is 0 Å². The highest BCUT2D eigenvalue weighted by atomic mass is 32.1. The molecule has 0 saturated carbocycles. The third-order valence-corrected chi connectivity index (χ3v) is 4.52. The molecule has 0 amide bonds. The molecule has 0 bridgehead atoms. The minimum absolute atomic E-state index is 0.396. The fraction of sp³-hybridized carbons (Fsp3) is 0.438. The van der Waals surface area contributed by atoms with Gasteiger partial charge < -0.3 is 10.1 Å². The summed E-state index contributed by atoms with van der Waals surface area (Å²) in [6.07, 6.45) is 3.85. The summed E-state index contributed by atoms with van der Waals surface area (Å²) in [6.45, 7) is 4.12. The van der Waals surface area contributed by atoms with E-state index in [1.54, 1.807) is 18.4 Å². The second-order valence-corrected chi connectivity index (χ2v) is 6.05. The molecule has 0 spiro atoms. The molecule has 1 unspecified atom stereocenters. The third-order valence-electron chi connectivity index (χ3n) is 3.63. The Labute approximate surface area is 125 Å². The molecular weight excluding hydrogens is 268 g/mol. The molecular formula is C16H22N2OS. The van der Waals surface area contributed by atoms with Gasteiger partial charge in [-0.05, 0) is 38.8 Å². The Morgan fingerprint density at radius 3 is 2.75 bits per heavy atom. The van der Waals surface area contributed by atoms with Crippen LogP contribution in [0.25, 0.3) is 0 Å². The Balaban J connectivity index is 2.15. The quantitative estimate of drug-likeness (QED) is 0.887. The summed E-state index contributed by atoms with van der Waals surface area (Å²) in [4.78, 5) is 5.99. The molecule has 108 valence electrons. The highest BCUT2D eigenvalue weighted by Gasteiger charge is 2.15. The van der Waals surface area contributed by atoms with Crippen LogP contribution in [-0.2, 0) is 12.8 Å². The molecule has 20 heavy (non-hydrogen) atoms. The Kier molecular flexibility index (Phi) is 5.15. The van der Waals surface area contributed by atoms with Crippen LogP contribution in [0.2, 0.25) is 0 Å². The van der Waals surface area contributed by atoms with Crippen LogP contribution in [0.4, 0.5) is 0 Å². The summed E-state index contributed by atoms with van der Waals surface area (Å²) in [5.74, 6) is 0.959. The van der Waals surface area contributed by atoms with Gasteiger partial charge in [0.25, 0.3) is 0 Å². The number of ether oxygens (including phenoxy) is 1. The molecule has 0 fully saturated rings. The van der Waals surface area contributed by atoms with E-state index >= 15 is 0 Å². The predicted octanol–water partition coefficient (Wildman–Crippen LogP) is 3.14. The second-order valence-electron chi connectivity index (χ2n) is 5.02. The number of hydrogen-bond donors (Lipinski definition) is 1. The average molecular weight is 290 g/mol. The minimum Gasteiger partial charge on any atom is -0.496 e. The fourth-order valence-corrected chi connectivity index (χ4v) is 3.24. The van der Waals surface area contributed by atoms with E-state index in [-0.39, 0.29) is 0 Å². The SMILES string of the molecule is CNC(Cc1cccs1)Cc1ncc(C)c(OC)c1C. The van der Waals surface area contributed by atoms with Crippen molar-refractivity contribution in [3.8, 4) is 5.75 Å². The first-order valence-corrected chi connectivity index (χ1v) is 7.72. The lowest BCUT2D eigenvalue weighted by molar-refractivity contribution is 0.406. The van der Waals surface area contributed by atoms with E-state index in [1.807, 2.05) is 20.2 Å². The van der Waals surface area contributed by atoms with E-state index < -0.39 is 0 Å². The van der Waals surface area contributed by atoms with Crippen LogP contribution in [0, 0.1) is 13.8 Å². The van der Waals surface area contributed by atoms with E-state index in [9.17, 15) is 0 Å². The van der Waals surface area contributed by atoms with Gasteiger partial charge in [-0.1, -0.05) is 6.07 Å². The zero-order chi connectivity index (χ0) is 14.5. The second kappa shape index (κ2) is 6.86. The zero-order valence-corrected chi connectivity index (χ0v) is 13.4. The number of likely N-dealkylation sites (N-methyl/N-ethyl adjacent to an activating group) is 1. The summed E-state index contributed by atoms with van der Waals surface area (Å²) in [5, 5.41) is 5.52. The predicted molar refractivity (Wildman–Crippen MR) is 84.8 cm³/mol. The molecule has 1 N–H and O–H groups in total. The van der Waals surface area contributed by atoms with E-state index in [2.05, 4.69) is 34.7 Å². The van der Waals surface area contributed by atoms with Crippen LogP contribution in [0.1, 0.15) is 21.7 Å². The lowest BCUT2D eigenvalue weighted by atomic mass is 10.0. The van der Waals surface area contributed by atoms with Crippen molar-refractivity contribution < 1.29 is 4.74 Å². The number of aryl methyl sites for hydroxylation is 1. The monoisotopic (exact) mass is 290 g/mol. The maximum atomic E-state index is 5.48. The largest absolute Gasteiger partial charge is 0.496 e. The summed E-state index contributed by atoms with van der Waals surface area (Å²) >= 11 is 1.81. The van der Waals surface area contributed by atoms with Crippen molar-refractivity contribution >= 4 is 11.3 Å². The van der Waals surface area contributed by atoms with Crippen LogP contribution in [0.3, 0.4) is 0 Å². The van der Waals surface area contributed by atoms with Crippen molar-refractivity contribution in [1.82, 2.24) is 10.3 Å². The van der Waals surface area contributed by atoms with Crippen molar-refractivity contribution in [2.45, 2.75) is 32.7 Å². The highest BCUT2D eigenvalue weighted by molar-refractivity contribution is 7.09. The number of nitrogens with one attached hydrogen (secondary N) is 1. The molecule has 2 aromatic rings. The fourth-order valence-electron chi connectivity index (χ4n) is 2.46. The molecule has 0 aliphatic heterocycles. The standard InChI is InChI=1S/C16H22N2OS/c1-11-10-18-15(12(2)16(11)19-4)9-13(17-3)8-14-6-5-7-20-14/h5-7,10,13,17H,8-9H2,1-4H3. The average Bonchev–Trinajstić information content (AvgIpc) is 2.94. The van der Waals surface area contributed by atoms with Crippen molar-refractivity contribution in [3.63, 3.8) is 0 Å². The van der Waals surface area contributed by atoms with Gasteiger partial charge in [-0.25, -0.2) is 0 Å². The van der Waals surface area contributed by atoms with E-state index in [0.29, 0.717) is 6.04 Å². The van der Waals surface area contributed by atoms with Gasteiger partial charge in [0.1, 0.15) is 5.75 Å². The Morgan fingerprint density at radius 2 is 2.15 bits per heavy atom. The highest BCUT2D eigenvalue weighted by Crippen LogP contribution is 2.25. The topological polar surface area (TPSA) is 34.2 Å². The van der Waals surface area contributed by atoms with Crippen molar-refractivity contribution in [2.75, 3.05) is 14.2 Å². The molecule has 2 rings (SSSR count). The van der Waals surface area contributed by atoms with Crippen molar-refractivity contribution in [2.24, 2.45) is 0 Å². The van der Waals surface area contributed by atoms with Crippen LogP contribution in [0.5, 0.6) is 5.75 Å². The summed E-state index contributed by atoms with van der Waals surface area (Å²) in [5.41, 5.74) is 3.36. The van der Waals surface area contributed by atoms with Crippen LogP contribution < -0.4 is 10.1 Å². The minimum atomic E-state index is 0.396. The number of rotatable bonds is 6. The van der Waals surface area contributed by atoms with Gasteiger partial charge in [-0.3, -0.25) is 4.98 Å². The molecule has 2 heterocycles. The number of thiophene rings is 1. The molecule has 2 aromatic heterocycles. The molecule has 1 atom stereocenters.